The van der Waals surface area contributed by atoms with Crippen molar-refractivity contribution < 1.29 is 19.1 Å². The molecule has 1 saturated carbocycles. The smallest absolute Gasteiger partial charge is 0.357 e. The third kappa shape index (κ3) is 2.72. The highest BCUT2D eigenvalue weighted by molar-refractivity contribution is 5.91. The Bertz CT molecular complexity index is 749. The average Bonchev–Trinajstić information content (AvgIpc) is 3.20. The molecular formula is C17H16N2O4. The molecule has 2 aromatic rings. The minimum atomic E-state index is -0.814. The molecule has 1 aromatic carbocycles. The van der Waals surface area contributed by atoms with Crippen LogP contribution in [0.1, 0.15) is 41.4 Å². The average molecular weight is 312 g/mol. The van der Waals surface area contributed by atoms with E-state index < -0.39 is 18.0 Å². The highest BCUT2D eigenvalue weighted by Gasteiger charge is 2.33. The first-order valence-corrected chi connectivity index (χ1v) is 7.75. The standard InChI is InChI=1S/C17H16N2O4/c20-16(23-15-8-9-22-17(15)21)14-10-13(11-6-7-11)18-19(14)12-4-2-1-3-5-12/h1-5,10-11,15H,6-9H2/t15-/m0/s1. The fourth-order valence-electron chi connectivity index (χ4n) is 2.66. The monoisotopic (exact) mass is 312 g/mol. The molecule has 6 heteroatoms. The molecule has 1 aromatic heterocycles. The molecule has 2 aliphatic rings. The molecule has 2 fully saturated rings. The van der Waals surface area contributed by atoms with E-state index >= 15 is 0 Å². The summed E-state index contributed by atoms with van der Waals surface area (Å²) in [5, 5.41) is 4.56. The second-order valence-electron chi connectivity index (χ2n) is 5.83. The number of esters is 2. The normalized spacial score (nSPS) is 20.3. The number of para-hydroxylation sites is 1. The molecule has 1 saturated heterocycles. The number of nitrogens with zero attached hydrogens (tertiary/aromatic N) is 2. The molecule has 6 nitrogen and oxygen atoms in total. The molecule has 0 bridgehead atoms. The lowest BCUT2D eigenvalue weighted by atomic mass is 10.2. The molecule has 0 N–H and O–H groups in total. The van der Waals surface area contributed by atoms with Crippen LogP contribution >= 0.6 is 0 Å². The van der Waals surface area contributed by atoms with Crippen molar-refractivity contribution in [3.63, 3.8) is 0 Å². The SMILES string of the molecule is O=C(O[C@H]1CCOC1=O)c1cc(C2CC2)nn1-c1ccccc1. The van der Waals surface area contributed by atoms with E-state index in [9.17, 15) is 9.59 Å². The highest BCUT2D eigenvalue weighted by Crippen LogP contribution is 2.39. The Hall–Kier alpha value is -2.63. The molecule has 118 valence electrons. The van der Waals surface area contributed by atoms with Gasteiger partial charge in [-0.05, 0) is 31.0 Å². The number of hydrogen-bond acceptors (Lipinski definition) is 5. The summed E-state index contributed by atoms with van der Waals surface area (Å²) in [7, 11) is 0. The Kier molecular flexibility index (Phi) is 3.37. The van der Waals surface area contributed by atoms with Gasteiger partial charge in [-0.3, -0.25) is 0 Å². The van der Waals surface area contributed by atoms with Crippen LogP contribution in [-0.4, -0.2) is 34.4 Å². The van der Waals surface area contributed by atoms with Crippen LogP contribution in [0.15, 0.2) is 36.4 Å². The number of aromatic nitrogens is 2. The van der Waals surface area contributed by atoms with Crippen LogP contribution < -0.4 is 0 Å². The van der Waals surface area contributed by atoms with Crippen molar-refractivity contribution in [3.8, 4) is 5.69 Å². The van der Waals surface area contributed by atoms with Crippen LogP contribution in [0.25, 0.3) is 5.69 Å². The van der Waals surface area contributed by atoms with Gasteiger partial charge in [-0.2, -0.15) is 5.10 Å². The lowest BCUT2D eigenvalue weighted by molar-refractivity contribution is -0.145. The van der Waals surface area contributed by atoms with Crippen molar-refractivity contribution in [3.05, 3.63) is 47.8 Å². The maximum atomic E-state index is 12.5. The van der Waals surface area contributed by atoms with Gasteiger partial charge >= 0.3 is 11.9 Å². The molecule has 0 amide bonds. The number of hydrogen-bond donors (Lipinski definition) is 0. The molecule has 1 atom stereocenters. The van der Waals surface area contributed by atoms with E-state index in [1.807, 2.05) is 30.3 Å². The molecule has 1 aliphatic carbocycles. The van der Waals surface area contributed by atoms with Crippen LogP contribution in [0, 0.1) is 0 Å². The van der Waals surface area contributed by atoms with Crippen molar-refractivity contribution in [2.45, 2.75) is 31.3 Å². The number of carbonyl (C=O) groups is 2. The third-order valence-electron chi connectivity index (χ3n) is 4.07. The summed E-state index contributed by atoms with van der Waals surface area (Å²) in [6, 6.07) is 11.2. The quantitative estimate of drug-likeness (QED) is 0.810. The van der Waals surface area contributed by atoms with Gasteiger partial charge in [0.25, 0.3) is 0 Å². The van der Waals surface area contributed by atoms with Crippen molar-refractivity contribution in [1.82, 2.24) is 9.78 Å². The Morgan fingerprint density at radius 1 is 1.22 bits per heavy atom. The predicted molar refractivity (Wildman–Crippen MR) is 80.3 cm³/mol. The van der Waals surface area contributed by atoms with E-state index in [-0.39, 0.29) is 0 Å². The minimum absolute atomic E-state index is 0.294. The Balaban J connectivity index is 1.66. The van der Waals surface area contributed by atoms with Gasteiger partial charge in [-0.1, -0.05) is 18.2 Å². The van der Waals surface area contributed by atoms with Crippen molar-refractivity contribution in [2.75, 3.05) is 6.61 Å². The van der Waals surface area contributed by atoms with Gasteiger partial charge in [0.2, 0.25) is 6.10 Å². The second-order valence-corrected chi connectivity index (χ2v) is 5.83. The summed E-state index contributed by atoms with van der Waals surface area (Å²) >= 11 is 0. The molecular weight excluding hydrogens is 296 g/mol. The number of rotatable bonds is 4. The van der Waals surface area contributed by atoms with Gasteiger partial charge in [0.1, 0.15) is 0 Å². The van der Waals surface area contributed by atoms with Gasteiger partial charge in [-0.25, -0.2) is 14.3 Å². The zero-order valence-corrected chi connectivity index (χ0v) is 12.5. The highest BCUT2D eigenvalue weighted by atomic mass is 16.6. The molecule has 1 aliphatic heterocycles. The van der Waals surface area contributed by atoms with Gasteiger partial charge < -0.3 is 9.47 Å². The summed E-state index contributed by atoms with van der Waals surface area (Å²) in [6.07, 6.45) is 1.77. The van der Waals surface area contributed by atoms with E-state index in [0.717, 1.165) is 24.2 Å². The summed E-state index contributed by atoms with van der Waals surface area (Å²) in [6.45, 7) is 0.294. The van der Waals surface area contributed by atoms with E-state index in [1.165, 1.54) is 0 Å². The lowest BCUT2D eigenvalue weighted by Gasteiger charge is -2.10. The Morgan fingerprint density at radius 3 is 2.65 bits per heavy atom. The maximum Gasteiger partial charge on any atom is 0.357 e. The van der Waals surface area contributed by atoms with Crippen LogP contribution in [0.5, 0.6) is 0 Å². The van der Waals surface area contributed by atoms with Crippen LogP contribution in [0.2, 0.25) is 0 Å². The lowest BCUT2D eigenvalue weighted by Crippen LogP contribution is -2.24. The first kappa shape index (κ1) is 14.0. The summed E-state index contributed by atoms with van der Waals surface area (Å²) in [5.74, 6) is -0.605. The molecule has 0 radical (unpaired) electrons. The maximum absolute atomic E-state index is 12.5. The number of cyclic esters (lactones) is 1. The predicted octanol–water partition coefficient (Wildman–Crippen LogP) is 2.22. The number of benzene rings is 1. The summed E-state index contributed by atoms with van der Waals surface area (Å²) in [4.78, 5) is 24.0. The first-order chi connectivity index (χ1) is 11.2. The van der Waals surface area contributed by atoms with Gasteiger partial charge in [0.15, 0.2) is 5.69 Å². The topological polar surface area (TPSA) is 70.4 Å². The Morgan fingerprint density at radius 2 is 2.00 bits per heavy atom. The summed E-state index contributed by atoms with van der Waals surface area (Å²) < 4.78 is 11.7. The second kappa shape index (κ2) is 5.53. The minimum Gasteiger partial charge on any atom is -0.463 e. The number of ether oxygens (including phenoxy) is 2. The van der Waals surface area contributed by atoms with Crippen LogP contribution in [0.4, 0.5) is 0 Å². The molecule has 4 rings (SSSR count). The molecule has 2 heterocycles. The van der Waals surface area contributed by atoms with E-state index in [2.05, 4.69) is 5.10 Å². The zero-order valence-electron chi connectivity index (χ0n) is 12.5. The van der Waals surface area contributed by atoms with E-state index in [0.29, 0.717) is 24.6 Å². The van der Waals surface area contributed by atoms with Crippen molar-refractivity contribution >= 4 is 11.9 Å². The van der Waals surface area contributed by atoms with Gasteiger partial charge in [0.05, 0.1) is 18.0 Å². The van der Waals surface area contributed by atoms with Gasteiger partial charge in [-0.15, -0.1) is 0 Å². The summed E-state index contributed by atoms with van der Waals surface area (Å²) in [5.41, 5.74) is 2.04. The molecule has 0 spiro atoms. The van der Waals surface area contributed by atoms with Crippen LogP contribution in [-0.2, 0) is 14.3 Å². The molecule has 23 heavy (non-hydrogen) atoms. The van der Waals surface area contributed by atoms with Gasteiger partial charge in [0, 0.05) is 12.3 Å². The molecule has 0 unspecified atom stereocenters. The fraction of sp³-hybridized carbons (Fsp3) is 0.353. The Labute approximate surface area is 133 Å². The zero-order chi connectivity index (χ0) is 15.8. The van der Waals surface area contributed by atoms with E-state index in [4.69, 9.17) is 9.47 Å². The van der Waals surface area contributed by atoms with Crippen molar-refractivity contribution in [2.24, 2.45) is 0 Å². The fourth-order valence-corrected chi connectivity index (χ4v) is 2.66. The van der Waals surface area contributed by atoms with Crippen molar-refractivity contribution in [1.29, 1.82) is 0 Å². The first-order valence-electron chi connectivity index (χ1n) is 7.75. The van der Waals surface area contributed by atoms with Crippen LogP contribution in [0.3, 0.4) is 0 Å². The number of carbonyl (C=O) groups excluding carboxylic acids is 2. The third-order valence-corrected chi connectivity index (χ3v) is 4.07. The van der Waals surface area contributed by atoms with E-state index in [1.54, 1.807) is 10.7 Å². The largest absolute Gasteiger partial charge is 0.463 e.